The summed E-state index contributed by atoms with van der Waals surface area (Å²) in [5.41, 5.74) is 0.769. The largest absolute Gasteiger partial charge is 0.339 e. The number of carbonyl (C=O) groups is 2. The molecule has 5 nitrogen and oxygen atoms in total. The topological polar surface area (TPSA) is 52.7 Å². The minimum absolute atomic E-state index is 0.0959. The maximum atomic E-state index is 13.0. The summed E-state index contributed by atoms with van der Waals surface area (Å²) < 4.78 is 0. The van der Waals surface area contributed by atoms with E-state index in [1.165, 1.54) is 12.8 Å². The highest BCUT2D eigenvalue weighted by Gasteiger charge is 2.42. The molecule has 1 N–H and O–H groups in total. The van der Waals surface area contributed by atoms with E-state index in [4.69, 9.17) is 0 Å². The van der Waals surface area contributed by atoms with E-state index in [1.807, 2.05) is 26.6 Å². The second-order valence-electron chi connectivity index (χ2n) is 7.20. The molecule has 130 valence electrons. The van der Waals surface area contributed by atoms with Gasteiger partial charge in [-0.3, -0.25) is 9.59 Å². The van der Waals surface area contributed by atoms with Crippen molar-refractivity contribution >= 4 is 23.2 Å². The van der Waals surface area contributed by atoms with Crippen LogP contribution in [-0.2, 0) is 4.79 Å². The van der Waals surface area contributed by atoms with Gasteiger partial charge in [0.1, 0.15) is 0 Å². The van der Waals surface area contributed by atoms with Gasteiger partial charge in [0.15, 0.2) is 0 Å². The van der Waals surface area contributed by atoms with E-state index < -0.39 is 0 Å². The average Bonchev–Trinajstić information content (AvgIpc) is 3.34. The molecule has 0 radical (unpaired) electrons. The molecule has 0 bridgehead atoms. The third-order valence-electron chi connectivity index (χ3n) is 5.60. The molecule has 1 aliphatic carbocycles. The van der Waals surface area contributed by atoms with Crippen LogP contribution in [0.4, 0.5) is 0 Å². The molecule has 3 fully saturated rings. The third-order valence-corrected chi connectivity index (χ3v) is 6.28. The number of amides is 2. The zero-order valence-corrected chi connectivity index (χ0v) is 14.8. The lowest BCUT2D eigenvalue weighted by molar-refractivity contribution is -0.139. The zero-order chi connectivity index (χ0) is 16.5. The highest BCUT2D eigenvalue weighted by Crippen LogP contribution is 2.39. The standard InChI is InChI=1S/C18H25N3O2S/c22-17(14-5-11-24-12-14)20-7-9-21(10-8-20)18(23)15-2-1-6-19-16(15)13-3-4-13/h5,11-13,15-16,19H,1-4,6-10H2/t15-,16-/m1/s1. The number of thiophene rings is 1. The van der Waals surface area contributed by atoms with Crippen LogP contribution in [-0.4, -0.2) is 60.4 Å². The fourth-order valence-corrected chi connectivity index (χ4v) is 4.70. The van der Waals surface area contributed by atoms with Crippen molar-refractivity contribution in [2.45, 2.75) is 31.7 Å². The predicted octanol–water partition coefficient (Wildman–Crippen LogP) is 1.81. The molecule has 3 heterocycles. The summed E-state index contributed by atoms with van der Waals surface area (Å²) in [6.07, 6.45) is 4.64. The second-order valence-corrected chi connectivity index (χ2v) is 7.98. The van der Waals surface area contributed by atoms with Gasteiger partial charge in [0.2, 0.25) is 5.91 Å². The van der Waals surface area contributed by atoms with E-state index in [0.717, 1.165) is 24.9 Å². The van der Waals surface area contributed by atoms with Gasteiger partial charge in [-0.1, -0.05) is 0 Å². The van der Waals surface area contributed by atoms with Gasteiger partial charge in [0.25, 0.3) is 5.91 Å². The number of hydrogen-bond acceptors (Lipinski definition) is 4. The predicted molar refractivity (Wildman–Crippen MR) is 94.0 cm³/mol. The molecule has 2 amide bonds. The van der Waals surface area contributed by atoms with Crippen LogP contribution in [0, 0.1) is 11.8 Å². The van der Waals surface area contributed by atoms with Gasteiger partial charge in [-0.15, -0.1) is 0 Å². The van der Waals surface area contributed by atoms with E-state index in [0.29, 0.717) is 44.0 Å². The summed E-state index contributed by atoms with van der Waals surface area (Å²) in [5, 5.41) is 7.41. The lowest BCUT2D eigenvalue weighted by atomic mass is 9.86. The SMILES string of the molecule is O=C(c1ccsc1)N1CCN(C(=O)[C@@H]2CCCN[C@@H]2C2CC2)CC1. The van der Waals surface area contributed by atoms with Gasteiger partial charge in [-0.25, -0.2) is 0 Å². The fourth-order valence-electron chi connectivity index (χ4n) is 4.07. The first-order valence-corrected chi connectivity index (χ1v) is 10.0. The first kappa shape index (κ1) is 16.1. The quantitative estimate of drug-likeness (QED) is 0.907. The van der Waals surface area contributed by atoms with Crippen LogP contribution in [0.5, 0.6) is 0 Å². The van der Waals surface area contributed by atoms with Crippen LogP contribution in [0.2, 0.25) is 0 Å². The van der Waals surface area contributed by atoms with E-state index in [9.17, 15) is 9.59 Å². The van der Waals surface area contributed by atoms with Crippen LogP contribution in [0.25, 0.3) is 0 Å². The first-order valence-electron chi connectivity index (χ1n) is 9.07. The Hall–Kier alpha value is -1.40. The van der Waals surface area contributed by atoms with Crippen molar-refractivity contribution in [2.24, 2.45) is 11.8 Å². The minimum Gasteiger partial charge on any atom is -0.339 e. The number of piperidine rings is 1. The van der Waals surface area contributed by atoms with Crippen LogP contribution in [0.15, 0.2) is 16.8 Å². The molecule has 3 aliphatic rings. The molecule has 0 aromatic carbocycles. The minimum atomic E-state index is 0.0959. The van der Waals surface area contributed by atoms with Gasteiger partial charge in [0, 0.05) is 37.6 Å². The lowest BCUT2D eigenvalue weighted by Crippen LogP contribution is -2.56. The molecule has 24 heavy (non-hydrogen) atoms. The molecule has 1 aromatic rings. The molecule has 0 spiro atoms. The number of hydrogen-bond donors (Lipinski definition) is 1. The number of rotatable bonds is 3. The molecule has 2 atom stereocenters. The average molecular weight is 347 g/mol. The van der Waals surface area contributed by atoms with E-state index >= 15 is 0 Å². The van der Waals surface area contributed by atoms with Crippen molar-refractivity contribution in [3.05, 3.63) is 22.4 Å². The van der Waals surface area contributed by atoms with Gasteiger partial charge in [0.05, 0.1) is 11.5 Å². The molecule has 1 aromatic heterocycles. The Morgan fingerprint density at radius 3 is 2.50 bits per heavy atom. The zero-order valence-electron chi connectivity index (χ0n) is 13.9. The molecule has 0 unspecified atom stereocenters. The van der Waals surface area contributed by atoms with Crippen LogP contribution in [0.1, 0.15) is 36.0 Å². The molecule has 1 saturated carbocycles. The van der Waals surface area contributed by atoms with Gasteiger partial charge < -0.3 is 15.1 Å². The normalized spacial score (nSPS) is 28.0. The number of piperazine rings is 1. The fraction of sp³-hybridized carbons (Fsp3) is 0.667. The Labute approximate surface area is 147 Å². The van der Waals surface area contributed by atoms with E-state index in [1.54, 1.807) is 11.3 Å². The monoisotopic (exact) mass is 347 g/mol. The molecule has 4 rings (SSSR count). The maximum Gasteiger partial charge on any atom is 0.254 e. The first-order chi connectivity index (χ1) is 11.7. The van der Waals surface area contributed by atoms with Crippen molar-refractivity contribution in [1.29, 1.82) is 0 Å². The van der Waals surface area contributed by atoms with Crippen LogP contribution in [0.3, 0.4) is 0 Å². The Balaban J connectivity index is 1.35. The van der Waals surface area contributed by atoms with Crippen LogP contribution < -0.4 is 5.32 Å². The summed E-state index contributed by atoms with van der Waals surface area (Å²) in [4.78, 5) is 29.3. The molecular formula is C18H25N3O2S. The van der Waals surface area contributed by atoms with Gasteiger partial charge in [-0.05, 0) is 49.6 Å². The third kappa shape index (κ3) is 3.22. The van der Waals surface area contributed by atoms with Crippen molar-refractivity contribution in [2.75, 3.05) is 32.7 Å². The summed E-state index contributed by atoms with van der Waals surface area (Å²) in [6.45, 7) is 3.68. The van der Waals surface area contributed by atoms with Crippen molar-refractivity contribution in [1.82, 2.24) is 15.1 Å². The summed E-state index contributed by atoms with van der Waals surface area (Å²) in [6, 6.07) is 2.26. The van der Waals surface area contributed by atoms with Gasteiger partial charge in [-0.2, -0.15) is 11.3 Å². The van der Waals surface area contributed by atoms with E-state index in [2.05, 4.69) is 5.32 Å². The number of nitrogens with zero attached hydrogens (tertiary/aromatic N) is 2. The van der Waals surface area contributed by atoms with E-state index in [-0.39, 0.29) is 11.8 Å². The Kier molecular flexibility index (Phi) is 4.59. The molecule has 6 heteroatoms. The van der Waals surface area contributed by atoms with Gasteiger partial charge >= 0.3 is 0 Å². The van der Waals surface area contributed by atoms with Crippen molar-refractivity contribution in [3.63, 3.8) is 0 Å². The Bertz CT molecular complexity index is 591. The number of nitrogens with one attached hydrogen (secondary N) is 1. The summed E-state index contributed by atoms with van der Waals surface area (Å²) in [5.74, 6) is 1.26. The highest BCUT2D eigenvalue weighted by molar-refractivity contribution is 7.08. The smallest absolute Gasteiger partial charge is 0.254 e. The Morgan fingerprint density at radius 1 is 1.08 bits per heavy atom. The second kappa shape index (κ2) is 6.84. The number of carbonyl (C=O) groups excluding carboxylic acids is 2. The van der Waals surface area contributed by atoms with Crippen LogP contribution >= 0.6 is 11.3 Å². The Morgan fingerprint density at radius 2 is 1.83 bits per heavy atom. The highest BCUT2D eigenvalue weighted by atomic mass is 32.1. The molecular weight excluding hydrogens is 322 g/mol. The molecule has 2 aliphatic heterocycles. The van der Waals surface area contributed by atoms with Crippen molar-refractivity contribution in [3.8, 4) is 0 Å². The summed E-state index contributed by atoms with van der Waals surface area (Å²) >= 11 is 1.55. The lowest BCUT2D eigenvalue weighted by Gasteiger charge is -2.39. The van der Waals surface area contributed by atoms with Crippen molar-refractivity contribution < 1.29 is 9.59 Å². The maximum absolute atomic E-state index is 13.0. The summed E-state index contributed by atoms with van der Waals surface area (Å²) in [7, 11) is 0. The molecule has 2 saturated heterocycles.